The van der Waals surface area contributed by atoms with Crippen LogP contribution in [0.4, 0.5) is 5.69 Å². The van der Waals surface area contributed by atoms with Gasteiger partial charge in [0.15, 0.2) is 17.3 Å². The molecule has 6 heteroatoms. The molecule has 0 heterocycles. The third kappa shape index (κ3) is 5.02. The number of carbonyl (C=O) groups is 1. The van der Waals surface area contributed by atoms with E-state index in [1.807, 2.05) is 50.2 Å². The summed E-state index contributed by atoms with van der Waals surface area (Å²) in [5, 5.41) is 0. The van der Waals surface area contributed by atoms with Gasteiger partial charge in [-0.3, -0.25) is 4.79 Å². The Morgan fingerprint density at radius 3 is 2.28 bits per heavy atom. The Hall–Kier alpha value is -3.15. The predicted molar refractivity (Wildman–Crippen MR) is 116 cm³/mol. The second kappa shape index (κ2) is 9.87. The van der Waals surface area contributed by atoms with Crippen molar-refractivity contribution in [1.82, 2.24) is 0 Å². The Morgan fingerprint density at radius 1 is 1.00 bits per heavy atom. The largest absolute Gasteiger partial charge is 0.497 e. The molecule has 29 heavy (non-hydrogen) atoms. The minimum Gasteiger partial charge on any atom is -0.497 e. The summed E-state index contributed by atoms with van der Waals surface area (Å²) in [4.78, 5) is 15.1. The van der Waals surface area contributed by atoms with Gasteiger partial charge in [-0.05, 0) is 49.3 Å². The smallest absolute Gasteiger partial charge is 0.192 e. The first-order chi connectivity index (χ1) is 13.9. The summed E-state index contributed by atoms with van der Waals surface area (Å²) in [6, 6.07) is 9.18. The molecule has 0 saturated heterocycles. The summed E-state index contributed by atoms with van der Waals surface area (Å²) >= 11 is 0. The molecule has 0 N–H and O–H groups in total. The summed E-state index contributed by atoms with van der Waals surface area (Å²) < 4.78 is 21.8. The van der Waals surface area contributed by atoms with Crippen LogP contribution in [0.15, 0.2) is 35.9 Å². The van der Waals surface area contributed by atoms with Gasteiger partial charge in [0.25, 0.3) is 0 Å². The zero-order valence-electron chi connectivity index (χ0n) is 18.2. The quantitative estimate of drug-likeness (QED) is 0.458. The van der Waals surface area contributed by atoms with Crippen molar-refractivity contribution in [2.75, 3.05) is 46.9 Å². The molecule has 0 saturated carbocycles. The number of hydrogen-bond donors (Lipinski definition) is 0. The lowest BCUT2D eigenvalue weighted by Crippen LogP contribution is -2.11. The third-order valence-corrected chi connectivity index (χ3v) is 4.44. The zero-order valence-corrected chi connectivity index (χ0v) is 18.2. The monoisotopic (exact) mass is 399 g/mol. The zero-order chi connectivity index (χ0) is 21.6. The molecule has 2 aromatic rings. The molecular formula is C23H29NO5. The van der Waals surface area contributed by atoms with E-state index in [-0.39, 0.29) is 5.78 Å². The van der Waals surface area contributed by atoms with Gasteiger partial charge in [0, 0.05) is 20.2 Å². The van der Waals surface area contributed by atoms with Crippen LogP contribution in [0.5, 0.6) is 23.0 Å². The van der Waals surface area contributed by atoms with Crippen LogP contribution in [-0.4, -0.2) is 47.8 Å². The lowest BCUT2D eigenvalue weighted by Gasteiger charge is -2.18. The van der Waals surface area contributed by atoms with E-state index < -0.39 is 0 Å². The van der Waals surface area contributed by atoms with Gasteiger partial charge in [-0.2, -0.15) is 0 Å². The van der Waals surface area contributed by atoms with E-state index in [1.165, 1.54) is 14.2 Å². The van der Waals surface area contributed by atoms with Crippen molar-refractivity contribution in [1.29, 1.82) is 0 Å². The molecule has 0 radical (unpaired) electrons. The molecule has 0 unspecified atom stereocenters. The van der Waals surface area contributed by atoms with Gasteiger partial charge < -0.3 is 23.8 Å². The van der Waals surface area contributed by atoms with Crippen LogP contribution in [-0.2, 0) is 0 Å². The number of nitrogens with zero attached hydrogens (tertiary/aromatic N) is 1. The van der Waals surface area contributed by atoms with E-state index in [0.717, 1.165) is 17.0 Å². The highest BCUT2D eigenvalue weighted by Crippen LogP contribution is 2.37. The number of allylic oxidation sites excluding steroid dienone is 1. The molecule has 6 nitrogen and oxygen atoms in total. The van der Waals surface area contributed by atoms with Crippen LogP contribution in [0, 0.1) is 0 Å². The van der Waals surface area contributed by atoms with Gasteiger partial charge >= 0.3 is 0 Å². The Labute approximate surface area is 172 Å². The topological polar surface area (TPSA) is 57.2 Å². The van der Waals surface area contributed by atoms with Crippen LogP contribution in [0.25, 0.3) is 6.08 Å². The Balaban J connectivity index is 2.47. The molecule has 2 aromatic carbocycles. The number of carbonyl (C=O) groups excluding carboxylic acids is 1. The highest BCUT2D eigenvalue weighted by Gasteiger charge is 2.20. The SMILES string of the molecule is CCOc1ccc(C=C(C)C(=O)c2cc(OC)cc(OC)c2OC)cc1N(C)C. The lowest BCUT2D eigenvalue weighted by atomic mass is 10.00. The van der Waals surface area contributed by atoms with Gasteiger partial charge in [0.1, 0.15) is 11.5 Å². The minimum absolute atomic E-state index is 0.167. The molecule has 2 rings (SSSR count). The van der Waals surface area contributed by atoms with E-state index in [9.17, 15) is 4.79 Å². The van der Waals surface area contributed by atoms with Crippen molar-refractivity contribution >= 4 is 17.5 Å². The number of ether oxygens (including phenoxy) is 4. The standard InChI is InChI=1S/C23H29NO5/c1-8-29-20-10-9-16(12-19(20)24(3)4)11-15(2)22(25)18-13-17(26-5)14-21(27-6)23(18)28-7/h9-14H,8H2,1-7H3. The molecule has 0 spiro atoms. The first kappa shape index (κ1) is 22.1. The van der Waals surface area contributed by atoms with Crippen molar-refractivity contribution in [3.63, 3.8) is 0 Å². The van der Waals surface area contributed by atoms with E-state index >= 15 is 0 Å². The van der Waals surface area contributed by atoms with Gasteiger partial charge in [0.2, 0.25) is 0 Å². The summed E-state index contributed by atoms with van der Waals surface area (Å²) in [6.07, 6.45) is 1.84. The molecule has 0 fully saturated rings. The predicted octanol–water partition coefficient (Wildman–Crippen LogP) is 4.46. The fourth-order valence-corrected chi connectivity index (χ4v) is 3.00. The Kier molecular flexibility index (Phi) is 7.53. The average molecular weight is 399 g/mol. The van der Waals surface area contributed by atoms with E-state index in [2.05, 4.69) is 0 Å². The fraction of sp³-hybridized carbons (Fsp3) is 0.348. The maximum Gasteiger partial charge on any atom is 0.192 e. The number of methoxy groups -OCH3 is 3. The first-order valence-electron chi connectivity index (χ1n) is 9.33. The van der Waals surface area contributed by atoms with Crippen LogP contribution in [0.3, 0.4) is 0 Å². The van der Waals surface area contributed by atoms with Crippen molar-refractivity contribution in [2.45, 2.75) is 13.8 Å². The second-order valence-electron chi connectivity index (χ2n) is 6.62. The van der Waals surface area contributed by atoms with Crippen LogP contribution < -0.4 is 23.8 Å². The molecule has 0 amide bonds. The molecule has 0 aliphatic rings. The van der Waals surface area contributed by atoms with Crippen molar-refractivity contribution < 1.29 is 23.7 Å². The van der Waals surface area contributed by atoms with Crippen molar-refractivity contribution in [3.8, 4) is 23.0 Å². The van der Waals surface area contributed by atoms with E-state index in [4.69, 9.17) is 18.9 Å². The minimum atomic E-state index is -0.167. The Morgan fingerprint density at radius 2 is 1.72 bits per heavy atom. The Bertz CT molecular complexity index is 902. The maximum absolute atomic E-state index is 13.2. The average Bonchev–Trinajstić information content (AvgIpc) is 2.72. The third-order valence-electron chi connectivity index (χ3n) is 4.44. The lowest BCUT2D eigenvalue weighted by molar-refractivity contribution is 0.103. The molecule has 0 aliphatic heterocycles. The highest BCUT2D eigenvalue weighted by molar-refractivity contribution is 6.13. The van der Waals surface area contributed by atoms with E-state index in [0.29, 0.717) is 35.0 Å². The second-order valence-corrected chi connectivity index (χ2v) is 6.62. The van der Waals surface area contributed by atoms with Gasteiger partial charge in [-0.25, -0.2) is 0 Å². The summed E-state index contributed by atoms with van der Waals surface area (Å²) in [5.41, 5.74) is 2.79. The van der Waals surface area contributed by atoms with Gasteiger partial charge in [-0.15, -0.1) is 0 Å². The molecule has 156 valence electrons. The summed E-state index contributed by atoms with van der Waals surface area (Å²) in [5.74, 6) is 1.98. The van der Waals surface area contributed by atoms with Crippen molar-refractivity contribution in [2.24, 2.45) is 0 Å². The first-order valence-corrected chi connectivity index (χ1v) is 9.33. The molecular weight excluding hydrogens is 370 g/mol. The fourth-order valence-electron chi connectivity index (χ4n) is 3.00. The summed E-state index contributed by atoms with van der Waals surface area (Å²) in [6.45, 7) is 4.32. The van der Waals surface area contributed by atoms with Crippen molar-refractivity contribution in [3.05, 3.63) is 47.0 Å². The van der Waals surface area contributed by atoms with Gasteiger partial charge in [0.05, 0.1) is 39.2 Å². The van der Waals surface area contributed by atoms with Crippen LogP contribution in [0.2, 0.25) is 0 Å². The number of benzene rings is 2. The summed E-state index contributed by atoms with van der Waals surface area (Å²) in [7, 11) is 8.49. The number of rotatable bonds is 9. The molecule has 0 bridgehead atoms. The number of anilines is 1. The van der Waals surface area contributed by atoms with Crippen LogP contribution >= 0.6 is 0 Å². The number of hydrogen-bond acceptors (Lipinski definition) is 6. The number of Topliss-reactive ketones (excluding diaryl/α,β-unsaturated/α-hetero) is 1. The molecule has 0 atom stereocenters. The number of ketones is 1. The van der Waals surface area contributed by atoms with Gasteiger partial charge in [-0.1, -0.05) is 6.07 Å². The van der Waals surface area contributed by atoms with Crippen LogP contribution in [0.1, 0.15) is 29.8 Å². The highest BCUT2D eigenvalue weighted by atomic mass is 16.5. The molecule has 0 aromatic heterocycles. The maximum atomic E-state index is 13.2. The molecule has 0 aliphatic carbocycles. The van der Waals surface area contributed by atoms with E-state index in [1.54, 1.807) is 26.2 Å². The normalized spacial score (nSPS) is 11.1.